The Balaban J connectivity index is 1.55. The minimum absolute atomic E-state index is 0.147. The first kappa shape index (κ1) is 21.1. The van der Waals surface area contributed by atoms with E-state index in [0.29, 0.717) is 26.2 Å². The van der Waals surface area contributed by atoms with Crippen molar-refractivity contribution in [3.05, 3.63) is 75.8 Å². The van der Waals surface area contributed by atoms with E-state index in [2.05, 4.69) is 15.9 Å². The summed E-state index contributed by atoms with van der Waals surface area (Å²) in [7, 11) is 0. The second kappa shape index (κ2) is 8.82. The van der Waals surface area contributed by atoms with E-state index in [1.54, 1.807) is 15.9 Å². The molecule has 1 aliphatic heterocycles. The number of piperazine rings is 1. The molecular formula is C21H18BrF3N2O2. The van der Waals surface area contributed by atoms with Gasteiger partial charge in [-0.1, -0.05) is 28.1 Å². The summed E-state index contributed by atoms with van der Waals surface area (Å²) >= 11 is 3.38. The molecular weight excluding hydrogens is 449 g/mol. The molecule has 0 unspecified atom stereocenters. The lowest BCUT2D eigenvalue weighted by molar-refractivity contribution is -0.137. The number of hydrogen-bond acceptors (Lipinski definition) is 2. The highest BCUT2D eigenvalue weighted by atomic mass is 79.9. The molecule has 152 valence electrons. The minimum atomic E-state index is -4.43. The zero-order chi connectivity index (χ0) is 21.0. The van der Waals surface area contributed by atoms with Crippen LogP contribution in [0.25, 0.3) is 6.08 Å². The molecule has 1 aliphatic rings. The molecule has 8 heteroatoms. The van der Waals surface area contributed by atoms with Gasteiger partial charge in [-0.05, 0) is 48.0 Å². The molecule has 2 aromatic carbocycles. The van der Waals surface area contributed by atoms with E-state index in [1.807, 2.05) is 24.3 Å². The Kier molecular flexibility index (Phi) is 6.42. The standard InChI is InChI=1S/C21H18BrF3N2O2/c22-18-3-1-2-15(14-18)4-9-19(28)26-10-12-27(13-11-26)20(29)16-5-7-17(8-6-16)21(23,24)25/h1-9,14H,10-13H2/b9-4+. The van der Waals surface area contributed by atoms with E-state index in [0.717, 1.165) is 22.2 Å². The van der Waals surface area contributed by atoms with E-state index >= 15 is 0 Å². The number of rotatable bonds is 3. The molecule has 1 fully saturated rings. The van der Waals surface area contributed by atoms with E-state index in [4.69, 9.17) is 0 Å². The Hall–Kier alpha value is -2.61. The number of carbonyl (C=O) groups excluding carboxylic acids is 2. The molecule has 0 aliphatic carbocycles. The van der Waals surface area contributed by atoms with Gasteiger partial charge >= 0.3 is 6.18 Å². The van der Waals surface area contributed by atoms with Crippen molar-refractivity contribution in [2.75, 3.05) is 26.2 Å². The molecule has 29 heavy (non-hydrogen) atoms. The Morgan fingerprint density at radius 2 is 1.55 bits per heavy atom. The van der Waals surface area contributed by atoms with Crippen molar-refractivity contribution in [1.29, 1.82) is 0 Å². The van der Waals surface area contributed by atoms with Crippen LogP contribution in [0.1, 0.15) is 21.5 Å². The molecule has 1 saturated heterocycles. The summed E-state index contributed by atoms with van der Waals surface area (Å²) < 4.78 is 38.9. The molecule has 0 atom stereocenters. The van der Waals surface area contributed by atoms with Gasteiger partial charge in [-0.3, -0.25) is 9.59 Å². The lowest BCUT2D eigenvalue weighted by Crippen LogP contribution is -2.50. The smallest absolute Gasteiger partial charge is 0.336 e. The summed E-state index contributed by atoms with van der Waals surface area (Å²) in [6.45, 7) is 1.40. The highest BCUT2D eigenvalue weighted by Crippen LogP contribution is 2.29. The van der Waals surface area contributed by atoms with Gasteiger partial charge in [0.15, 0.2) is 0 Å². The average molecular weight is 467 g/mol. The fourth-order valence-corrected chi connectivity index (χ4v) is 3.41. The SMILES string of the molecule is O=C(/C=C/c1cccc(Br)c1)N1CCN(C(=O)c2ccc(C(F)(F)F)cc2)CC1. The maximum Gasteiger partial charge on any atom is 0.416 e. The van der Waals surface area contributed by atoms with E-state index in [1.165, 1.54) is 18.2 Å². The highest BCUT2D eigenvalue weighted by Gasteiger charge is 2.31. The van der Waals surface area contributed by atoms with Crippen LogP contribution in [-0.2, 0) is 11.0 Å². The Morgan fingerprint density at radius 1 is 0.931 bits per heavy atom. The second-order valence-corrected chi connectivity index (χ2v) is 7.50. The van der Waals surface area contributed by atoms with Gasteiger partial charge in [-0.25, -0.2) is 0 Å². The summed E-state index contributed by atoms with van der Waals surface area (Å²) in [5.41, 5.74) is 0.304. The Bertz CT molecular complexity index is 918. The first-order chi connectivity index (χ1) is 13.7. The quantitative estimate of drug-likeness (QED) is 0.626. The molecule has 0 aromatic heterocycles. The molecule has 1 heterocycles. The normalized spacial score (nSPS) is 15.0. The Morgan fingerprint density at radius 3 is 2.14 bits per heavy atom. The summed E-state index contributed by atoms with van der Waals surface area (Å²) in [6.07, 6.45) is -1.21. The first-order valence-corrected chi connectivity index (χ1v) is 9.72. The third-order valence-corrected chi connectivity index (χ3v) is 5.10. The number of carbonyl (C=O) groups is 2. The number of amides is 2. The molecule has 0 bridgehead atoms. The summed E-state index contributed by atoms with van der Waals surface area (Å²) in [5.74, 6) is -0.484. The van der Waals surface area contributed by atoms with Crippen molar-refractivity contribution >= 4 is 33.8 Å². The molecule has 3 rings (SSSR count). The molecule has 0 spiro atoms. The molecule has 0 radical (unpaired) electrons. The lowest BCUT2D eigenvalue weighted by atomic mass is 10.1. The van der Waals surface area contributed by atoms with Crippen molar-refractivity contribution in [3.63, 3.8) is 0 Å². The van der Waals surface area contributed by atoms with Crippen LogP contribution in [-0.4, -0.2) is 47.8 Å². The maximum absolute atomic E-state index is 12.6. The van der Waals surface area contributed by atoms with Crippen molar-refractivity contribution in [1.82, 2.24) is 9.80 Å². The third kappa shape index (κ3) is 5.47. The summed E-state index contributed by atoms with van der Waals surface area (Å²) in [5, 5.41) is 0. The molecule has 0 saturated carbocycles. The van der Waals surface area contributed by atoms with Crippen LogP contribution in [0.4, 0.5) is 13.2 Å². The van der Waals surface area contributed by atoms with Crippen LogP contribution in [0.5, 0.6) is 0 Å². The second-order valence-electron chi connectivity index (χ2n) is 6.58. The fraction of sp³-hybridized carbons (Fsp3) is 0.238. The lowest BCUT2D eigenvalue weighted by Gasteiger charge is -2.34. The zero-order valence-corrected chi connectivity index (χ0v) is 16.9. The van der Waals surface area contributed by atoms with Crippen LogP contribution in [0.3, 0.4) is 0 Å². The van der Waals surface area contributed by atoms with Crippen LogP contribution >= 0.6 is 15.9 Å². The molecule has 2 amide bonds. The summed E-state index contributed by atoms with van der Waals surface area (Å²) in [4.78, 5) is 28.0. The predicted molar refractivity (Wildman–Crippen MR) is 107 cm³/mol. The fourth-order valence-electron chi connectivity index (χ4n) is 3.00. The topological polar surface area (TPSA) is 40.6 Å². The first-order valence-electron chi connectivity index (χ1n) is 8.93. The predicted octanol–water partition coefficient (Wildman–Crippen LogP) is 4.47. The van der Waals surface area contributed by atoms with Crippen LogP contribution in [0, 0.1) is 0 Å². The molecule has 4 nitrogen and oxygen atoms in total. The van der Waals surface area contributed by atoms with Gasteiger partial charge in [-0.15, -0.1) is 0 Å². The number of halogens is 4. The summed E-state index contributed by atoms with van der Waals surface area (Å²) in [6, 6.07) is 11.7. The van der Waals surface area contributed by atoms with Crippen LogP contribution < -0.4 is 0 Å². The third-order valence-electron chi connectivity index (χ3n) is 4.60. The van der Waals surface area contributed by atoms with Gasteiger partial charge in [0.05, 0.1) is 5.56 Å². The highest BCUT2D eigenvalue weighted by molar-refractivity contribution is 9.10. The van der Waals surface area contributed by atoms with Gasteiger partial charge in [0.2, 0.25) is 5.91 Å². The van der Waals surface area contributed by atoms with Crippen LogP contribution in [0.2, 0.25) is 0 Å². The van der Waals surface area contributed by atoms with Crippen molar-refractivity contribution < 1.29 is 22.8 Å². The maximum atomic E-state index is 12.6. The van der Waals surface area contributed by atoms with Gasteiger partial charge in [0.25, 0.3) is 5.91 Å². The number of benzene rings is 2. The van der Waals surface area contributed by atoms with Crippen LogP contribution in [0.15, 0.2) is 59.1 Å². The van der Waals surface area contributed by atoms with E-state index in [-0.39, 0.29) is 17.4 Å². The zero-order valence-electron chi connectivity index (χ0n) is 15.3. The Labute approximate surface area is 174 Å². The van der Waals surface area contributed by atoms with Gasteiger partial charge in [0.1, 0.15) is 0 Å². The van der Waals surface area contributed by atoms with Crippen molar-refractivity contribution in [2.45, 2.75) is 6.18 Å². The number of hydrogen-bond donors (Lipinski definition) is 0. The van der Waals surface area contributed by atoms with E-state index in [9.17, 15) is 22.8 Å². The van der Waals surface area contributed by atoms with E-state index < -0.39 is 11.7 Å². The molecule has 2 aromatic rings. The monoisotopic (exact) mass is 466 g/mol. The number of alkyl halides is 3. The van der Waals surface area contributed by atoms with Crippen molar-refractivity contribution in [3.8, 4) is 0 Å². The van der Waals surface area contributed by atoms with Gasteiger partial charge in [0, 0.05) is 42.3 Å². The minimum Gasteiger partial charge on any atom is -0.336 e. The number of nitrogens with zero attached hydrogens (tertiary/aromatic N) is 2. The average Bonchev–Trinajstić information content (AvgIpc) is 2.71. The van der Waals surface area contributed by atoms with Gasteiger partial charge in [-0.2, -0.15) is 13.2 Å². The van der Waals surface area contributed by atoms with Crippen molar-refractivity contribution in [2.24, 2.45) is 0 Å². The molecule has 0 N–H and O–H groups in total. The van der Waals surface area contributed by atoms with Gasteiger partial charge < -0.3 is 9.80 Å². The largest absolute Gasteiger partial charge is 0.416 e.